The zero-order valence-corrected chi connectivity index (χ0v) is 7.01. The Morgan fingerprint density at radius 1 is 1.46 bits per heavy atom. The van der Waals surface area contributed by atoms with Gasteiger partial charge in [0.05, 0.1) is 17.7 Å². The number of non-ortho nitro benzene ring substituents is 1. The molecule has 0 aliphatic heterocycles. The molecule has 1 aromatic rings. The molecule has 1 aromatic carbocycles. The van der Waals surface area contributed by atoms with Gasteiger partial charge in [-0.05, 0) is 12.1 Å². The minimum Gasteiger partial charge on any atom is -0.486 e. The standard InChI is InChI=1S/C8H8N2O3/c1-13-6-9-7-2-4-8(5-3-7)10(11)12/h2-6H,1H3. The van der Waals surface area contributed by atoms with Crippen LogP contribution < -0.4 is 0 Å². The number of benzene rings is 1. The van der Waals surface area contributed by atoms with E-state index in [1.165, 1.54) is 25.6 Å². The Balaban J connectivity index is 2.81. The summed E-state index contributed by atoms with van der Waals surface area (Å²) in [4.78, 5) is 13.7. The summed E-state index contributed by atoms with van der Waals surface area (Å²) in [5.74, 6) is 0. The van der Waals surface area contributed by atoms with E-state index in [0.29, 0.717) is 5.69 Å². The predicted octanol–water partition coefficient (Wildman–Crippen LogP) is 1.90. The van der Waals surface area contributed by atoms with Gasteiger partial charge in [0.15, 0.2) is 6.40 Å². The Bertz CT molecular complexity index is 319. The monoisotopic (exact) mass is 180 g/mol. The molecule has 1 rings (SSSR count). The van der Waals surface area contributed by atoms with Crippen LogP contribution in [0.5, 0.6) is 0 Å². The van der Waals surface area contributed by atoms with Crippen LogP contribution in [0.1, 0.15) is 0 Å². The topological polar surface area (TPSA) is 64.7 Å². The molecule has 0 heterocycles. The highest BCUT2D eigenvalue weighted by atomic mass is 16.6. The third-order valence-electron chi connectivity index (χ3n) is 1.37. The molecule has 0 bridgehead atoms. The van der Waals surface area contributed by atoms with Gasteiger partial charge in [0, 0.05) is 12.1 Å². The lowest BCUT2D eigenvalue weighted by Gasteiger charge is -1.92. The Hall–Kier alpha value is -1.91. The summed E-state index contributed by atoms with van der Waals surface area (Å²) in [5, 5.41) is 10.3. The van der Waals surface area contributed by atoms with Crippen LogP contribution in [0.3, 0.4) is 0 Å². The minimum atomic E-state index is -0.455. The Morgan fingerprint density at radius 2 is 2.08 bits per heavy atom. The van der Waals surface area contributed by atoms with Crippen LogP contribution in [0.25, 0.3) is 0 Å². The van der Waals surface area contributed by atoms with Gasteiger partial charge in [0.1, 0.15) is 0 Å². The van der Waals surface area contributed by atoms with Crippen molar-refractivity contribution in [3.63, 3.8) is 0 Å². The lowest BCUT2D eigenvalue weighted by Crippen LogP contribution is -1.85. The Labute approximate surface area is 74.8 Å². The summed E-state index contributed by atoms with van der Waals surface area (Å²) in [6.45, 7) is 0. The number of nitrogens with zero attached hydrogens (tertiary/aromatic N) is 2. The first kappa shape index (κ1) is 9.18. The average Bonchev–Trinajstić information content (AvgIpc) is 2.15. The lowest BCUT2D eigenvalue weighted by atomic mass is 10.3. The van der Waals surface area contributed by atoms with Crippen molar-refractivity contribution in [1.29, 1.82) is 0 Å². The molecule has 0 aliphatic carbocycles. The lowest BCUT2D eigenvalue weighted by molar-refractivity contribution is -0.384. The normalized spacial score (nSPS) is 10.2. The minimum absolute atomic E-state index is 0.0522. The van der Waals surface area contributed by atoms with Crippen molar-refractivity contribution in [2.45, 2.75) is 0 Å². The van der Waals surface area contributed by atoms with E-state index < -0.39 is 4.92 Å². The fourth-order valence-corrected chi connectivity index (χ4v) is 0.774. The summed E-state index contributed by atoms with van der Waals surface area (Å²) in [6.07, 6.45) is 1.27. The van der Waals surface area contributed by atoms with Crippen molar-refractivity contribution in [1.82, 2.24) is 0 Å². The Kier molecular flexibility index (Phi) is 2.97. The van der Waals surface area contributed by atoms with E-state index in [-0.39, 0.29) is 5.69 Å². The zero-order chi connectivity index (χ0) is 9.68. The molecule has 0 atom stereocenters. The molecule has 68 valence electrons. The van der Waals surface area contributed by atoms with E-state index in [2.05, 4.69) is 9.73 Å². The fourth-order valence-electron chi connectivity index (χ4n) is 0.774. The molecular weight excluding hydrogens is 172 g/mol. The van der Waals surface area contributed by atoms with Gasteiger partial charge >= 0.3 is 0 Å². The van der Waals surface area contributed by atoms with Gasteiger partial charge in [-0.15, -0.1) is 0 Å². The van der Waals surface area contributed by atoms with Gasteiger partial charge < -0.3 is 4.74 Å². The summed E-state index contributed by atoms with van der Waals surface area (Å²) in [6, 6.07) is 5.88. The van der Waals surface area contributed by atoms with Crippen molar-refractivity contribution in [3.8, 4) is 0 Å². The van der Waals surface area contributed by atoms with Crippen LogP contribution in [-0.2, 0) is 4.74 Å². The summed E-state index contributed by atoms with van der Waals surface area (Å²) in [5.41, 5.74) is 0.670. The highest BCUT2D eigenvalue weighted by molar-refractivity contribution is 5.56. The van der Waals surface area contributed by atoms with Crippen LogP contribution in [-0.4, -0.2) is 18.4 Å². The molecule has 0 fully saturated rings. The number of ether oxygens (including phenoxy) is 1. The molecule has 0 aliphatic rings. The molecule has 0 saturated heterocycles. The van der Waals surface area contributed by atoms with E-state index >= 15 is 0 Å². The third-order valence-corrected chi connectivity index (χ3v) is 1.37. The largest absolute Gasteiger partial charge is 0.486 e. The van der Waals surface area contributed by atoms with E-state index in [1.807, 2.05) is 0 Å². The molecule has 0 radical (unpaired) electrons. The number of nitro groups is 1. The maximum absolute atomic E-state index is 10.3. The van der Waals surface area contributed by atoms with Gasteiger partial charge in [-0.25, -0.2) is 4.99 Å². The number of hydrogen-bond acceptors (Lipinski definition) is 4. The van der Waals surface area contributed by atoms with E-state index in [9.17, 15) is 10.1 Å². The second kappa shape index (κ2) is 4.20. The maximum atomic E-state index is 10.3. The zero-order valence-electron chi connectivity index (χ0n) is 7.01. The summed E-state index contributed by atoms with van der Waals surface area (Å²) in [7, 11) is 1.48. The van der Waals surface area contributed by atoms with Crippen LogP contribution in [0, 0.1) is 10.1 Å². The average molecular weight is 180 g/mol. The first-order valence-electron chi connectivity index (χ1n) is 3.54. The van der Waals surface area contributed by atoms with Gasteiger partial charge in [0.2, 0.25) is 0 Å². The smallest absolute Gasteiger partial charge is 0.269 e. The number of methoxy groups -OCH3 is 1. The van der Waals surface area contributed by atoms with E-state index in [1.54, 1.807) is 12.1 Å². The first-order chi connectivity index (χ1) is 6.24. The van der Waals surface area contributed by atoms with Crippen LogP contribution >= 0.6 is 0 Å². The molecule has 0 saturated carbocycles. The van der Waals surface area contributed by atoms with Gasteiger partial charge in [0.25, 0.3) is 5.69 Å². The predicted molar refractivity (Wildman–Crippen MR) is 48.3 cm³/mol. The van der Waals surface area contributed by atoms with E-state index in [4.69, 9.17) is 0 Å². The van der Waals surface area contributed by atoms with Crippen molar-refractivity contribution in [3.05, 3.63) is 34.4 Å². The number of hydrogen-bond donors (Lipinski definition) is 0. The first-order valence-corrected chi connectivity index (χ1v) is 3.54. The molecule has 5 nitrogen and oxygen atoms in total. The molecule has 13 heavy (non-hydrogen) atoms. The van der Waals surface area contributed by atoms with Crippen molar-refractivity contribution in [2.75, 3.05) is 7.11 Å². The van der Waals surface area contributed by atoms with Gasteiger partial charge in [-0.1, -0.05) is 0 Å². The number of rotatable bonds is 3. The molecule has 0 amide bonds. The Morgan fingerprint density at radius 3 is 2.54 bits per heavy atom. The molecule has 0 aromatic heterocycles. The van der Waals surface area contributed by atoms with E-state index in [0.717, 1.165) is 0 Å². The van der Waals surface area contributed by atoms with Gasteiger partial charge in [-0.2, -0.15) is 0 Å². The quantitative estimate of drug-likeness (QED) is 0.309. The number of nitro benzene ring substituents is 1. The highest BCUT2D eigenvalue weighted by Gasteiger charge is 2.02. The van der Waals surface area contributed by atoms with Gasteiger partial charge in [-0.3, -0.25) is 10.1 Å². The molecule has 0 spiro atoms. The molecule has 0 N–H and O–H groups in total. The second-order valence-electron chi connectivity index (χ2n) is 2.24. The molecule has 0 unspecified atom stereocenters. The summed E-state index contributed by atoms with van der Waals surface area (Å²) >= 11 is 0. The summed E-state index contributed by atoms with van der Waals surface area (Å²) < 4.78 is 4.60. The fraction of sp³-hybridized carbons (Fsp3) is 0.125. The second-order valence-corrected chi connectivity index (χ2v) is 2.24. The molecule has 5 heteroatoms. The van der Waals surface area contributed by atoms with Crippen molar-refractivity contribution in [2.24, 2.45) is 4.99 Å². The highest BCUT2D eigenvalue weighted by Crippen LogP contribution is 2.17. The van der Waals surface area contributed by atoms with Crippen LogP contribution in [0.4, 0.5) is 11.4 Å². The SMILES string of the molecule is COC=Nc1ccc([N+](=O)[O-])cc1. The number of aliphatic imine (C=N–C) groups is 1. The molecular formula is C8H8N2O3. The van der Waals surface area contributed by atoms with Crippen molar-refractivity contribution < 1.29 is 9.66 Å². The van der Waals surface area contributed by atoms with Crippen LogP contribution in [0.15, 0.2) is 29.3 Å². The third kappa shape index (κ3) is 2.55. The maximum Gasteiger partial charge on any atom is 0.269 e. The van der Waals surface area contributed by atoms with Crippen molar-refractivity contribution >= 4 is 17.8 Å². The van der Waals surface area contributed by atoms with Crippen LogP contribution in [0.2, 0.25) is 0 Å².